The second-order valence-corrected chi connectivity index (χ2v) is 7.65. The minimum Gasteiger partial charge on any atom is -0.490 e. The van der Waals surface area contributed by atoms with Crippen molar-refractivity contribution >= 4 is 11.0 Å². The van der Waals surface area contributed by atoms with Crippen LogP contribution in [0, 0.1) is 11.3 Å². The first kappa shape index (κ1) is 16.5. The van der Waals surface area contributed by atoms with E-state index in [4.69, 9.17) is 14.7 Å². The molecule has 0 radical (unpaired) electrons. The van der Waals surface area contributed by atoms with E-state index in [1.165, 1.54) is 5.56 Å². The minimum atomic E-state index is -0.0696. The van der Waals surface area contributed by atoms with Crippen LogP contribution in [0.1, 0.15) is 31.9 Å². The summed E-state index contributed by atoms with van der Waals surface area (Å²) in [5.74, 6) is 0.842. The molecular formula is C21H21N3O2. The van der Waals surface area contributed by atoms with Crippen molar-refractivity contribution in [2.45, 2.75) is 38.8 Å². The average molecular weight is 347 g/mol. The molecule has 2 aromatic carbocycles. The number of benzene rings is 2. The average Bonchev–Trinajstić information content (AvgIpc) is 3.16. The highest BCUT2D eigenvalue weighted by Crippen LogP contribution is 2.29. The van der Waals surface area contributed by atoms with E-state index >= 15 is 0 Å². The smallest absolute Gasteiger partial charge is 0.297 e. The number of nitrogens with zero attached hydrogens (tertiary/aromatic N) is 3. The van der Waals surface area contributed by atoms with Crippen LogP contribution in [0.5, 0.6) is 11.8 Å². The molecule has 5 nitrogen and oxygen atoms in total. The largest absolute Gasteiger partial charge is 0.490 e. The first-order chi connectivity index (χ1) is 12.4. The standard InChI is InChI=1S/C21H21N3O2/c1-21(2,3)15-5-7-16(8-6-15)25-13-17-12-24-19-9-4-14(11-22)10-18(19)23-20(24)26-17/h4-10,17H,12-13H2,1-3H3/t17-/m0/s1. The van der Waals surface area contributed by atoms with Gasteiger partial charge in [-0.25, -0.2) is 0 Å². The Morgan fingerprint density at radius 2 is 2.00 bits per heavy atom. The predicted octanol–water partition coefficient (Wildman–Crippen LogP) is 4.05. The lowest BCUT2D eigenvalue weighted by Crippen LogP contribution is -2.23. The maximum atomic E-state index is 8.99. The number of hydrogen-bond acceptors (Lipinski definition) is 4. The Hall–Kier alpha value is -3.00. The van der Waals surface area contributed by atoms with Crippen LogP contribution < -0.4 is 9.47 Å². The lowest BCUT2D eigenvalue weighted by atomic mass is 9.87. The molecular weight excluding hydrogens is 326 g/mol. The van der Waals surface area contributed by atoms with Crippen molar-refractivity contribution in [1.82, 2.24) is 9.55 Å². The number of hydrogen-bond donors (Lipinski definition) is 0. The molecule has 0 saturated carbocycles. The van der Waals surface area contributed by atoms with Crippen molar-refractivity contribution in [3.8, 4) is 17.8 Å². The number of imidazole rings is 1. The Balaban J connectivity index is 1.42. The molecule has 0 bridgehead atoms. The van der Waals surface area contributed by atoms with E-state index in [-0.39, 0.29) is 11.5 Å². The zero-order chi connectivity index (χ0) is 18.3. The van der Waals surface area contributed by atoms with Gasteiger partial charge in [0.1, 0.15) is 12.4 Å². The van der Waals surface area contributed by atoms with Gasteiger partial charge in [0.05, 0.1) is 29.2 Å². The molecule has 132 valence electrons. The van der Waals surface area contributed by atoms with E-state index in [0.717, 1.165) is 16.8 Å². The van der Waals surface area contributed by atoms with Gasteiger partial charge in [0.25, 0.3) is 6.01 Å². The molecule has 4 rings (SSSR count). The van der Waals surface area contributed by atoms with Crippen molar-refractivity contribution < 1.29 is 9.47 Å². The Kier molecular flexibility index (Phi) is 3.84. The molecule has 0 N–H and O–H groups in total. The molecule has 0 aliphatic carbocycles. The third-order valence-electron chi connectivity index (χ3n) is 4.66. The molecule has 0 unspecified atom stereocenters. The van der Waals surface area contributed by atoms with Gasteiger partial charge in [-0.3, -0.25) is 4.57 Å². The van der Waals surface area contributed by atoms with Crippen LogP contribution in [0.4, 0.5) is 0 Å². The van der Waals surface area contributed by atoms with E-state index in [1.54, 1.807) is 12.1 Å². The van der Waals surface area contributed by atoms with Crippen molar-refractivity contribution in [2.24, 2.45) is 0 Å². The number of ether oxygens (including phenoxy) is 2. The zero-order valence-corrected chi connectivity index (χ0v) is 15.2. The molecule has 26 heavy (non-hydrogen) atoms. The molecule has 1 aliphatic rings. The zero-order valence-electron chi connectivity index (χ0n) is 15.2. The quantitative estimate of drug-likeness (QED) is 0.717. The van der Waals surface area contributed by atoms with Crippen LogP contribution in [0.3, 0.4) is 0 Å². The van der Waals surface area contributed by atoms with E-state index in [1.807, 2.05) is 22.8 Å². The summed E-state index contributed by atoms with van der Waals surface area (Å²) >= 11 is 0. The summed E-state index contributed by atoms with van der Waals surface area (Å²) in [5.41, 5.74) is 3.79. The lowest BCUT2D eigenvalue weighted by Gasteiger charge is -2.19. The Labute approximate surface area is 152 Å². The maximum absolute atomic E-state index is 8.99. The first-order valence-corrected chi connectivity index (χ1v) is 8.74. The fraction of sp³-hybridized carbons (Fsp3) is 0.333. The minimum absolute atomic E-state index is 0.0696. The molecule has 0 fully saturated rings. The number of fused-ring (bicyclic) bond motifs is 3. The summed E-state index contributed by atoms with van der Waals surface area (Å²) in [5, 5.41) is 8.99. The second kappa shape index (κ2) is 6.06. The fourth-order valence-corrected chi connectivity index (χ4v) is 3.16. The van der Waals surface area contributed by atoms with Crippen molar-refractivity contribution in [2.75, 3.05) is 6.61 Å². The Morgan fingerprint density at radius 1 is 1.23 bits per heavy atom. The van der Waals surface area contributed by atoms with Crippen molar-refractivity contribution in [3.05, 3.63) is 53.6 Å². The third-order valence-corrected chi connectivity index (χ3v) is 4.66. The monoisotopic (exact) mass is 347 g/mol. The van der Waals surface area contributed by atoms with Gasteiger partial charge >= 0.3 is 0 Å². The van der Waals surface area contributed by atoms with E-state index in [2.05, 4.69) is 44.0 Å². The maximum Gasteiger partial charge on any atom is 0.297 e. The van der Waals surface area contributed by atoms with Crippen molar-refractivity contribution in [3.63, 3.8) is 0 Å². The van der Waals surface area contributed by atoms with Gasteiger partial charge in [-0.15, -0.1) is 0 Å². The van der Waals surface area contributed by atoms with Crippen LogP contribution in [-0.4, -0.2) is 22.3 Å². The summed E-state index contributed by atoms with van der Waals surface area (Å²) in [6.07, 6.45) is -0.0696. The number of aromatic nitrogens is 2. The third kappa shape index (κ3) is 2.99. The van der Waals surface area contributed by atoms with Gasteiger partial charge in [-0.05, 0) is 41.3 Å². The predicted molar refractivity (Wildman–Crippen MR) is 99.5 cm³/mol. The molecule has 1 aromatic heterocycles. The van der Waals surface area contributed by atoms with Gasteiger partial charge in [0.2, 0.25) is 0 Å². The van der Waals surface area contributed by atoms with Crippen LogP contribution in [0.25, 0.3) is 11.0 Å². The van der Waals surface area contributed by atoms with Crippen LogP contribution >= 0.6 is 0 Å². The molecule has 1 aliphatic heterocycles. The number of nitriles is 1. The van der Waals surface area contributed by atoms with Crippen LogP contribution in [-0.2, 0) is 12.0 Å². The highest BCUT2D eigenvalue weighted by Gasteiger charge is 2.27. The summed E-state index contributed by atoms with van der Waals surface area (Å²) in [6.45, 7) is 7.75. The van der Waals surface area contributed by atoms with Crippen LogP contribution in [0.15, 0.2) is 42.5 Å². The molecule has 0 saturated heterocycles. The van der Waals surface area contributed by atoms with Gasteiger partial charge in [-0.2, -0.15) is 10.2 Å². The fourth-order valence-electron chi connectivity index (χ4n) is 3.16. The summed E-state index contributed by atoms with van der Waals surface area (Å²) < 4.78 is 13.8. The highest BCUT2D eigenvalue weighted by molar-refractivity contribution is 5.78. The second-order valence-electron chi connectivity index (χ2n) is 7.65. The SMILES string of the molecule is CC(C)(C)c1ccc(OC[C@@H]2Cn3c(nc4cc(C#N)ccc43)O2)cc1. The van der Waals surface area contributed by atoms with Gasteiger partial charge in [0.15, 0.2) is 6.10 Å². The summed E-state index contributed by atoms with van der Waals surface area (Å²) in [4.78, 5) is 4.48. The summed E-state index contributed by atoms with van der Waals surface area (Å²) in [7, 11) is 0. The normalized spacial score (nSPS) is 16.2. The first-order valence-electron chi connectivity index (χ1n) is 8.74. The molecule has 2 heterocycles. The van der Waals surface area contributed by atoms with E-state index in [0.29, 0.717) is 24.7 Å². The van der Waals surface area contributed by atoms with Gasteiger partial charge in [0, 0.05) is 0 Å². The highest BCUT2D eigenvalue weighted by atomic mass is 16.6. The molecule has 0 spiro atoms. The van der Waals surface area contributed by atoms with E-state index < -0.39 is 0 Å². The van der Waals surface area contributed by atoms with Crippen LogP contribution in [0.2, 0.25) is 0 Å². The number of rotatable bonds is 3. The molecule has 1 atom stereocenters. The Morgan fingerprint density at radius 3 is 2.69 bits per heavy atom. The van der Waals surface area contributed by atoms with Gasteiger partial charge < -0.3 is 9.47 Å². The molecule has 3 aromatic rings. The lowest BCUT2D eigenvalue weighted by molar-refractivity contribution is 0.144. The topological polar surface area (TPSA) is 60.1 Å². The Bertz CT molecular complexity index is 991. The van der Waals surface area contributed by atoms with Gasteiger partial charge in [-0.1, -0.05) is 32.9 Å². The van der Waals surface area contributed by atoms with Crippen molar-refractivity contribution in [1.29, 1.82) is 5.26 Å². The van der Waals surface area contributed by atoms with E-state index in [9.17, 15) is 0 Å². The summed E-state index contributed by atoms with van der Waals surface area (Å²) in [6, 6.07) is 16.5. The molecule has 0 amide bonds. The molecule has 5 heteroatoms.